The number of benzene rings is 1. The molecule has 0 aliphatic carbocycles. The normalized spacial score (nSPS) is 10.6. The minimum Gasteiger partial charge on any atom is -0.297 e. The maximum Gasteiger partial charge on any atom is 0.140 e. The highest BCUT2D eigenvalue weighted by molar-refractivity contribution is 7.09. The van der Waals surface area contributed by atoms with Gasteiger partial charge in [0.15, 0.2) is 0 Å². The first-order valence-corrected chi connectivity index (χ1v) is 6.46. The number of nitriles is 1. The molecule has 0 amide bonds. The van der Waals surface area contributed by atoms with Gasteiger partial charge in [-0.15, -0.1) is 11.3 Å². The summed E-state index contributed by atoms with van der Waals surface area (Å²) in [7, 11) is 2.01. The van der Waals surface area contributed by atoms with Crippen LogP contribution in [-0.4, -0.2) is 11.9 Å². The Labute approximate surface area is 110 Å². The van der Waals surface area contributed by atoms with Gasteiger partial charge in [-0.05, 0) is 36.2 Å². The van der Waals surface area contributed by atoms with Crippen molar-refractivity contribution in [2.75, 3.05) is 7.05 Å². The Balaban J connectivity index is 2.03. The second-order valence-electron chi connectivity index (χ2n) is 4.18. The van der Waals surface area contributed by atoms with Gasteiger partial charge in [0.05, 0.1) is 5.56 Å². The number of hydrogen-bond donors (Lipinski definition) is 0. The van der Waals surface area contributed by atoms with E-state index < -0.39 is 5.82 Å². The van der Waals surface area contributed by atoms with Crippen LogP contribution in [0.15, 0.2) is 35.7 Å². The van der Waals surface area contributed by atoms with E-state index in [-0.39, 0.29) is 5.56 Å². The van der Waals surface area contributed by atoms with Gasteiger partial charge in [-0.2, -0.15) is 5.26 Å². The Morgan fingerprint density at radius 3 is 2.83 bits per heavy atom. The van der Waals surface area contributed by atoms with Crippen LogP contribution < -0.4 is 0 Å². The third-order valence-corrected chi connectivity index (χ3v) is 3.47. The van der Waals surface area contributed by atoms with Gasteiger partial charge in [-0.3, -0.25) is 4.90 Å². The van der Waals surface area contributed by atoms with Crippen LogP contribution in [0.4, 0.5) is 4.39 Å². The topological polar surface area (TPSA) is 27.0 Å². The van der Waals surface area contributed by atoms with Crippen molar-refractivity contribution in [3.63, 3.8) is 0 Å². The molecule has 0 unspecified atom stereocenters. The zero-order valence-electron chi connectivity index (χ0n) is 10.1. The Morgan fingerprint density at radius 2 is 2.17 bits per heavy atom. The molecule has 0 N–H and O–H groups in total. The highest BCUT2D eigenvalue weighted by atomic mass is 32.1. The molecule has 2 aromatic rings. The summed E-state index contributed by atoms with van der Waals surface area (Å²) < 4.78 is 13.2. The Bertz CT molecular complexity index is 558. The number of thiophene rings is 1. The molecule has 0 saturated heterocycles. The van der Waals surface area contributed by atoms with Crippen molar-refractivity contribution in [3.05, 3.63) is 57.5 Å². The fourth-order valence-corrected chi connectivity index (χ4v) is 2.58. The minimum atomic E-state index is -0.456. The van der Waals surface area contributed by atoms with Crippen LogP contribution >= 0.6 is 11.3 Å². The van der Waals surface area contributed by atoms with E-state index in [0.29, 0.717) is 6.54 Å². The minimum absolute atomic E-state index is 0.108. The van der Waals surface area contributed by atoms with Crippen molar-refractivity contribution >= 4 is 11.3 Å². The molecule has 2 rings (SSSR count). The predicted molar refractivity (Wildman–Crippen MR) is 70.6 cm³/mol. The molecule has 0 bridgehead atoms. The maximum absolute atomic E-state index is 13.2. The standard InChI is InChI=1S/C14H13FN2S/c1-17(10-13-3-2-6-18-13)9-11-4-5-14(15)12(7-11)8-16/h2-7H,9-10H2,1H3. The van der Waals surface area contributed by atoms with E-state index in [1.54, 1.807) is 23.5 Å². The Morgan fingerprint density at radius 1 is 1.33 bits per heavy atom. The summed E-state index contributed by atoms with van der Waals surface area (Å²) in [6.07, 6.45) is 0. The van der Waals surface area contributed by atoms with E-state index in [1.807, 2.05) is 19.2 Å². The molecule has 4 heteroatoms. The van der Waals surface area contributed by atoms with Gasteiger partial charge < -0.3 is 0 Å². The average molecular weight is 260 g/mol. The summed E-state index contributed by atoms with van der Waals surface area (Å²) in [5.74, 6) is -0.456. The molecule has 1 aromatic heterocycles. The molecule has 0 aliphatic rings. The highest BCUT2D eigenvalue weighted by Crippen LogP contribution is 2.15. The van der Waals surface area contributed by atoms with Crippen LogP contribution in [0.25, 0.3) is 0 Å². The molecule has 0 aliphatic heterocycles. The van der Waals surface area contributed by atoms with E-state index in [0.717, 1.165) is 12.1 Å². The van der Waals surface area contributed by atoms with E-state index >= 15 is 0 Å². The first-order valence-electron chi connectivity index (χ1n) is 5.58. The number of rotatable bonds is 4. The van der Waals surface area contributed by atoms with Crippen LogP contribution in [0.5, 0.6) is 0 Å². The lowest BCUT2D eigenvalue weighted by atomic mass is 10.1. The summed E-state index contributed by atoms with van der Waals surface area (Å²) in [6.45, 7) is 1.56. The summed E-state index contributed by atoms with van der Waals surface area (Å²) in [4.78, 5) is 3.43. The molecular formula is C14H13FN2S. The van der Waals surface area contributed by atoms with Crippen molar-refractivity contribution in [2.45, 2.75) is 13.1 Å². The summed E-state index contributed by atoms with van der Waals surface area (Å²) in [6, 6.07) is 10.7. The third kappa shape index (κ3) is 3.16. The number of halogens is 1. The highest BCUT2D eigenvalue weighted by Gasteiger charge is 2.06. The quantitative estimate of drug-likeness (QED) is 0.842. The lowest BCUT2D eigenvalue weighted by Gasteiger charge is -2.15. The molecule has 0 spiro atoms. The smallest absolute Gasteiger partial charge is 0.140 e. The van der Waals surface area contributed by atoms with Crippen LogP contribution in [0.1, 0.15) is 16.0 Å². The second-order valence-corrected chi connectivity index (χ2v) is 5.21. The molecule has 0 saturated carbocycles. The fraction of sp³-hybridized carbons (Fsp3) is 0.214. The monoisotopic (exact) mass is 260 g/mol. The summed E-state index contributed by atoms with van der Waals surface area (Å²) in [5.41, 5.74) is 1.06. The summed E-state index contributed by atoms with van der Waals surface area (Å²) >= 11 is 1.72. The first kappa shape index (κ1) is 12.7. The van der Waals surface area contributed by atoms with Crippen molar-refractivity contribution in [3.8, 4) is 6.07 Å². The van der Waals surface area contributed by atoms with E-state index in [2.05, 4.69) is 16.3 Å². The molecule has 2 nitrogen and oxygen atoms in total. The van der Waals surface area contributed by atoms with Gasteiger partial charge >= 0.3 is 0 Å². The lowest BCUT2D eigenvalue weighted by Crippen LogP contribution is -2.16. The SMILES string of the molecule is CN(Cc1ccc(F)c(C#N)c1)Cc1cccs1. The zero-order valence-corrected chi connectivity index (χ0v) is 10.9. The van der Waals surface area contributed by atoms with E-state index in [4.69, 9.17) is 5.26 Å². The van der Waals surface area contributed by atoms with Crippen LogP contribution in [0.2, 0.25) is 0 Å². The maximum atomic E-state index is 13.2. The van der Waals surface area contributed by atoms with Gasteiger partial charge in [0, 0.05) is 18.0 Å². The Kier molecular flexibility index (Phi) is 4.08. The van der Waals surface area contributed by atoms with Gasteiger partial charge in [0.2, 0.25) is 0 Å². The van der Waals surface area contributed by atoms with Crippen molar-refractivity contribution < 1.29 is 4.39 Å². The zero-order chi connectivity index (χ0) is 13.0. The molecule has 92 valence electrons. The summed E-state index contributed by atoms with van der Waals surface area (Å²) in [5, 5.41) is 10.8. The molecule has 0 atom stereocenters. The molecular weight excluding hydrogens is 247 g/mol. The first-order chi connectivity index (χ1) is 8.69. The van der Waals surface area contributed by atoms with Gasteiger partial charge in [0.25, 0.3) is 0 Å². The largest absolute Gasteiger partial charge is 0.297 e. The molecule has 0 fully saturated rings. The molecule has 1 aromatic carbocycles. The average Bonchev–Trinajstić information content (AvgIpc) is 2.84. The van der Waals surface area contributed by atoms with Crippen molar-refractivity contribution in [1.82, 2.24) is 4.90 Å². The number of nitrogens with zero attached hydrogens (tertiary/aromatic N) is 2. The number of hydrogen-bond acceptors (Lipinski definition) is 3. The van der Waals surface area contributed by atoms with Crippen molar-refractivity contribution in [1.29, 1.82) is 5.26 Å². The predicted octanol–water partition coefficient (Wildman–Crippen LogP) is 3.39. The second kappa shape index (κ2) is 5.76. The van der Waals surface area contributed by atoms with Crippen LogP contribution in [0, 0.1) is 17.1 Å². The molecule has 18 heavy (non-hydrogen) atoms. The van der Waals surface area contributed by atoms with Gasteiger partial charge in [-0.1, -0.05) is 12.1 Å². The van der Waals surface area contributed by atoms with E-state index in [1.165, 1.54) is 10.9 Å². The van der Waals surface area contributed by atoms with Crippen LogP contribution in [0.3, 0.4) is 0 Å². The molecule has 0 radical (unpaired) electrons. The Hall–Kier alpha value is -1.70. The van der Waals surface area contributed by atoms with Gasteiger partial charge in [0.1, 0.15) is 11.9 Å². The molecule has 1 heterocycles. The van der Waals surface area contributed by atoms with Crippen LogP contribution in [-0.2, 0) is 13.1 Å². The van der Waals surface area contributed by atoms with Gasteiger partial charge in [-0.25, -0.2) is 4.39 Å². The lowest BCUT2D eigenvalue weighted by molar-refractivity contribution is 0.322. The van der Waals surface area contributed by atoms with Crippen molar-refractivity contribution in [2.24, 2.45) is 0 Å². The van der Waals surface area contributed by atoms with E-state index in [9.17, 15) is 4.39 Å². The fourth-order valence-electron chi connectivity index (χ4n) is 1.79. The third-order valence-electron chi connectivity index (χ3n) is 2.61.